The van der Waals surface area contributed by atoms with E-state index in [1.54, 1.807) is 11.6 Å². The minimum Gasteiger partial charge on any atom is -0.325 e. The summed E-state index contributed by atoms with van der Waals surface area (Å²) in [7, 11) is 1.78. The molecule has 10 heteroatoms. The Kier molecular flexibility index (Phi) is 6.17. The van der Waals surface area contributed by atoms with Gasteiger partial charge in [-0.3, -0.25) is 19.4 Å². The molecule has 3 aromatic heterocycles. The molecular weight excluding hydrogens is 414 g/mol. The van der Waals surface area contributed by atoms with Crippen LogP contribution in [0.25, 0.3) is 23.3 Å². The highest BCUT2D eigenvalue weighted by atomic mass is 32.2. The van der Waals surface area contributed by atoms with E-state index in [1.165, 1.54) is 16.3 Å². The number of benzene rings is 1. The van der Waals surface area contributed by atoms with Crippen LogP contribution >= 0.6 is 11.8 Å². The molecule has 9 nitrogen and oxygen atoms in total. The number of aryl methyl sites for hydroxylation is 2. The van der Waals surface area contributed by atoms with Gasteiger partial charge in [0.2, 0.25) is 5.16 Å². The molecule has 0 amide bonds. The van der Waals surface area contributed by atoms with Crippen molar-refractivity contribution in [2.45, 2.75) is 37.2 Å². The lowest BCUT2D eigenvalue weighted by Gasteiger charge is -2.04. The van der Waals surface area contributed by atoms with Crippen molar-refractivity contribution in [3.63, 3.8) is 0 Å². The molecule has 0 unspecified atom stereocenters. The molecule has 2 N–H and O–H groups in total. The lowest BCUT2D eigenvalue weighted by atomic mass is 10.2. The lowest BCUT2D eigenvalue weighted by Crippen LogP contribution is -2.31. The van der Waals surface area contributed by atoms with Gasteiger partial charge in [-0.1, -0.05) is 61.5 Å². The molecule has 0 atom stereocenters. The van der Waals surface area contributed by atoms with Crippen molar-refractivity contribution in [1.82, 2.24) is 34.3 Å². The zero-order chi connectivity index (χ0) is 21.8. The quantitative estimate of drug-likeness (QED) is 0.410. The van der Waals surface area contributed by atoms with Gasteiger partial charge in [-0.05, 0) is 18.1 Å². The van der Waals surface area contributed by atoms with Gasteiger partial charge in [0.1, 0.15) is 11.6 Å². The maximum Gasteiger partial charge on any atom is 0.330 e. The zero-order valence-electron chi connectivity index (χ0n) is 17.3. The highest BCUT2D eigenvalue weighted by Gasteiger charge is 2.17. The van der Waals surface area contributed by atoms with Crippen molar-refractivity contribution in [3.05, 3.63) is 68.4 Å². The van der Waals surface area contributed by atoms with Gasteiger partial charge in [-0.15, -0.1) is 5.10 Å². The topological polar surface area (TPSA) is 114 Å². The molecule has 31 heavy (non-hydrogen) atoms. The Labute approximate surface area is 182 Å². The van der Waals surface area contributed by atoms with Gasteiger partial charge >= 0.3 is 5.69 Å². The van der Waals surface area contributed by atoms with Crippen LogP contribution in [0.5, 0.6) is 0 Å². The monoisotopic (exact) mass is 437 g/mol. The highest BCUT2D eigenvalue weighted by molar-refractivity contribution is 7.98. The normalized spacial score (nSPS) is 11.7. The van der Waals surface area contributed by atoms with Crippen LogP contribution in [0.4, 0.5) is 0 Å². The number of thioether (sulfide) groups is 1. The van der Waals surface area contributed by atoms with E-state index in [2.05, 4.69) is 32.1 Å². The Balaban J connectivity index is 1.53. The Morgan fingerprint density at radius 1 is 1.13 bits per heavy atom. The van der Waals surface area contributed by atoms with Crippen LogP contribution in [-0.2, 0) is 19.3 Å². The van der Waals surface area contributed by atoms with Gasteiger partial charge in [0.25, 0.3) is 5.56 Å². The fraction of sp³-hybridized carbons (Fsp3) is 0.286. The molecule has 0 saturated heterocycles. The van der Waals surface area contributed by atoms with Gasteiger partial charge in [-0.2, -0.15) is 0 Å². The average molecular weight is 438 g/mol. The van der Waals surface area contributed by atoms with Crippen molar-refractivity contribution in [3.8, 4) is 0 Å². The molecule has 0 bridgehead atoms. The minimum atomic E-state index is -0.426. The third kappa shape index (κ3) is 4.53. The van der Waals surface area contributed by atoms with E-state index >= 15 is 0 Å². The van der Waals surface area contributed by atoms with Crippen LogP contribution in [0.1, 0.15) is 37.0 Å². The first-order chi connectivity index (χ1) is 15.1. The SMILES string of the molecule is CCCCn1c(=O)[nH]c(=O)c2c1nc(CSc1n[nH]c(/C=C/c3ccccc3)n1)n2C. The summed E-state index contributed by atoms with van der Waals surface area (Å²) in [6.07, 6.45) is 5.60. The largest absolute Gasteiger partial charge is 0.330 e. The van der Waals surface area contributed by atoms with Crippen molar-refractivity contribution in [2.75, 3.05) is 0 Å². The Bertz CT molecular complexity index is 1330. The first-order valence-corrected chi connectivity index (χ1v) is 11.0. The Morgan fingerprint density at radius 3 is 2.71 bits per heavy atom. The van der Waals surface area contributed by atoms with Gasteiger partial charge < -0.3 is 4.57 Å². The Hall–Kier alpha value is -3.40. The summed E-state index contributed by atoms with van der Waals surface area (Å²) < 4.78 is 3.26. The summed E-state index contributed by atoms with van der Waals surface area (Å²) in [4.78, 5) is 36.1. The van der Waals surface area contributed by atoms with E-state index in [1.807, 2.05) is 42.5 Å². The van der Waals surface area contributed by atoms with Gasteiger partial charge in [0, 0.05) is 13.6 Å². The van der Waals surface area contributed by atoms with Gasteiger partial charge in [0.15, 0.2) is 11.2 Å². The number of unbranched alkanes of at least 4 members (excludes halogenated alkanes) is 1. The molecule has 0 radical (unpaired) electrons. The number of nitrogens with one attached hydrogen (secondary N) is 2. The Morgan fingerprint density at radius 2 is 1.94 bits per heavy atom. The molecule has 3 heterocycles. The van der Waals surface area contributed by atoms with Crippen LogP contribution in [0.15, 0.2) is 45.1 Å². The molecular formula is C21H23N7O2S. The molecule has 0 aliphatic heterocycles. The van der Waals surface area contributed by atoms with Crippen LogP contribution in [0.3, 0.4) is 0 Å². The van der Waals surface area contributed by atoms with Gasteiger partial charge in [-0.25, -0.2) is 14.8 Å². The number of nitrogens with zero attached hydrogens (tertiary/aromatic N) is 5. The first-order valence-electron chi connectivity index (χ1n) is 10.0. The van der Waals surface area contributed by atoms with E-state index in [9.17, 15) is 9.59 Å². The summed E-state index contributed by atoms with van der Waals surface area (Å²) in [5.74, 6) is 1.79. The van der Waals surface area contributed by atoms with E-state index in [4.69, 9.17) is 0 Å². The van der Waals surface area contributed by atoms with Gasteiger partial charge in [0.05, 0.1) is 5.75 Å². The van der Waals surface area contributed by atoms with Crippen molar-refractivity contribution < 1.29 is 0 Å². The molecule has 160 valence electrons. The lowest BCUT2D eigenvalue weighted by molar-refractivity contribution is 0.613. The number of imidazole rings is 1. The predicted octanol–water partition coefficient (Wildman–Crippen LogP) is 2.80. The average Bonchev–Trinajstić information content (AvgIpc) is 3.36. The summed E-state index contributed by atoms with van der Waals surface area (Å²) in [5, 5.41) is 7.72. The third-order valence-corrected chi connectivity index (χ3v) is 5.73. The molecule has 4 rings (SSSR count). The summed E-state index contributed by atoms with van der Waals surface area (Å²) >= 11 is 1.41. The molecule has 4 aromatic rings. The minimum absolute atomic E-state index is 0.396. The fourth-order valence-corrected chi connectivity index (χ4v) is 4.00. The number of hydrogen-bond donors (Lipinski definition) is 2. The molecule has 0 saturated carbocycles. The number of H-pyrrole nitrogens is 2. The van der Waals surface area contributed by atoms with Crippen LogP contribution in [0.2, 0.25) is 0 Å². The third-order valence-electron chi connectivity index (χ3n) is 4.89. The van der Waals surface area contributed by atoms with Crippen LogP contribution in [-0.4, -0.2) is 34.3 Å². The number of aromatic nitrogens is 7. The standard InChI is InChI=1S/C21H23N7O2S/c1-3-4-12-28-18-17(19(29)24-21(28)30)27(2)16(23-18)13-31-20-22-15(25-26-20)11-10-14-8-6-5-7-9-14/h5-11H,3-4,12-13H2,1-2H3,(H,22,25,26)(H,24,29,30)/b11-10+. The first kappa shape index (κ1) is 20.9. The van der Waals surface area contributed by atoms with Crippen LogP contribution < -0.4 is 11.2 Å². The molecule has 0 fully saturated rings. The molecule has 0 aliphatic carbocycles. The van der Waals surface area contributed by atoms with E-state index < -0.39 is 11.2 Å². The second kappa shape index (κ2) is 9.17. The van der Waals surface area contributed by atoms with Crippen molar-refractivity contribution in [1.29, 1.82) is 0 Å². The van der Waals surface area contributed by atoms with Crippen molar-refractivity contribution >= 4 is 35.1 Å². The zero-order valence-corrected chi connectivity index (χ0v) is 18.1. The second-order valence-electron chi connectivity index (χ2n) is 7.06. The highest BCUT2D eigenvalue weighted by Crippen LogP contribution is 2.21. The van der Waals surface area contributed by atoms with Crippen LogP contribution in [0, 0.1) is 0 Å². The fourth-order valence-electron chi connectivity index (χ4n) is 3.21. The summed E-state index contributed by atoms with van der Waals surface area (Å²) in [5.41, 5.74) is 1.04. The van der Waals surface area contributed by atoms with E-state index in [0.717, 1.165) is 18.4 Å². The molecule has 1 aromatic carbocycles. The number of fused-ring (bicyclic) bond motifs is 1. The molecule has 0 aliphatic rings. The smallest absolute Gasteiger partial charge is 0.325 e. The second-order valence-corrected chi connectivity index (χ2v) is 8.00. The van der Waals surface area contributed by atoms with E-state index in [0.29, 0.717) is 40.3 Å². The predicted molar refractivity (Wildman–Crippen MR) is 122 cm³/mol. The number of rotatable bonds is 8. The van der Waals surface area contributed by atoms with E-state index in [-0.39, 0.29) is 0 Å². The maximum atomic E-state index is 12.4. The molecule has 0 spiro atoms. The number of aromatic amines is 2. The summed E-state index contributed by atoms with van der Waals surface area (Å²) in [6, 6.07) is 9.95. The maximum absolute atomic E-state index is 12.4. The van der Waals surface area contributed by atoms with Crippen molar-refractivity contribution in [2.24, 2.45) is 7.05 Å². The summed E-state index contributed by atoms with van der Waals surface area (Å²) in [6.45, 7) is 2.57. The number of hydrogen-bond acceptors (Lipinski definition) is 6.